The molecule has 4 unspecified atom stereocenters. The number of rotatable bonds is 4. The zero-order chi connectivity index (χ0) is 12.1. The number of ether oxygens (including phenoxy) is 3. The van der Waals surface area contributed by atoms with Gasteiger partial charge in [-0.2, -0.15) is 0 Å². The lowest BCUT2D eigenvalue weighted by atomic mass is 9.95. The van der Waals surface area contributed by atoms with E-state index in [0.29, 0.717) is 12.2 Å². The van der Waals surface area contributed by atoms with Crippen molar-refractivity contribution in [2.24, 2.45) is 0 Å². The first-order chi connectivity index (χ1) is 8.25. The first kappa shape index (κ1) is 13.2. The highest BCUT2D eigenvalue weighted by atomic mass is 16.6. The standard InChI is InChI=1S/C6H10O3.C6H12O2/c1(5-3-8-5)7-2-6-4-9-6;7-5-3-1-2-4-6(5)8/h5-6H,1-4H2;5-8H,1-4H2. The third-order valence-electron chi connectivity index (χ3n) is 3.11. The number of hydrogen-bond donors (Lipinski definition) is 2. The molecular weight excluding hydrogens is 224 g/mol. The molecule has 3 fully saturated rings. The third-order valence-corrected chi connectivity index (χ3v) is 3.11. The predicted molar refractivity (Wildman–Crippen MR) is 60.8 cm³/mol. The summed E-state index contributed by atoms with van der Waals surface area (Å²) < 4.78 is 15.1. The Labute approximate surface area is 102 Å². The summed E-state index contributed by atoms with van der Waals surface area (Å²) in [6, 6.07) is 0. The fourth-order valence-corrected chi connectivity index (χ4v) is 1.75. The Bertz CT molecular complexity index is 193. The molecule has 0 amide bonds. The molecule has 0 aromatic rings. The Morgan fingerprint density at radius 2 is 1.29 bits per heavy atom. The normalized spacial score (nSPS) is 39.2. The molecule has 0 aromatic heterocycles. The lowest BCUT2D eigenvalue weighted by Gasteiger charge is -2.22. The molecular formula is C12H22O5. The lowest BCUT2D eigenvalue weighted by Crippen LogP contribution is -2.28. The van der Waals surface area contributed by atoms with Crippen molar-refractivity contribution in [1.29, 1.82) is 0 Å². The van der Waals surface area contributed by atoms with E-state index in [1.807, 2.05) is 0 Å². The quantitative estimate of drug-likeness (QED) is 0.687. The molecule has 0 spiro atoms. The van der Waals surface area contributed by atoms with Gasteiger partial charge < -0.3 is 24.4 Å². The van der Waals surface area contributed by atoms with Gasteiger partial charge in [-0.25, -0.2) is 0 Å². The van der Waals surface area contributed by atoms with Crippen molar-refractivity contribution >= 4 is 0 Å². The van der Waals surface area contributed by atoms with E-state index in [-0.39, 0.29) is 0 Å². The third kappa shape index (κ3) is 5.79. The van der Waals surface area contributed by atoms with Crippen LogP contribution in [0.15, 0.2) is 0 Å². The molecule has 0 aromatic carbocycles. The maximum absolute atomic E-state index is 8.93. The molecule has 1 saturated carbocycles. The van der Waals surface area contributed by atoms with E-state index in [4.69, 9.17) is 24.4 Å². The number of epoxide rings is 2. The molecule has 2 saturated heterocycles. The summed E-state index contributed by atoms with van der Waals surface area (Å²) in [5, 5.41) is 17.9. The van der Waals surface area contributed by atoms with Crippen molar-refractivity contribution in [2.75, 3.05) is 26.4 Å². The summed E-state index contributed by atoms with van der Waals surface area (Å²) in [5.74, 6) is 0. The lowest BCUT2D eigenvalue weighted by molar-refractivity contribution is -0.00865. The Kier molecular flexibility index (Phi) is 5.18. The zero-order valence-corrected chi connectivity index (χ0v) is 10.1. The van der Waals surface area contributed by atoms with Gasteiger partial charge in [0.2, 0.25) is 0 Å². The van der Waals surface area contributed by atoms with Crippen LogP contribution in [0.3, 0.4) is 0 Å². The average molecular weight is 246 g/mol. The smallest absolute Gasteiger partial charge is 0.104 e. The van der Waals surface area contributed by atoms with Gasteiger partial charge in [-0.15, -0.1) is 0 Å². The van der Waals surface area contributed by atoms with Crippen LogP contribution in [0.2, 0.25) is 0 Å². The SMILES string of the molecule is C(OCC1CO1)C1CO1.OC1CCCCC1O. The van der Waals surface area contributed by atoms with Crippen molar-refractivity contribution in [2.45, 2.75) is 50.1 Å². The highest BCUT2D eigenvalue weighted by Crippen LogP contribution is 2.17. The van der Waals surface area contributed by atoms with Crippen LogP contribution < -0.4 is 0 Å². The van der Waals surface area contributed by atoms with E-state index in [2.05, 4.69) is 0 Å². The van der Waals surface area contributed by atoms with Gasteiger partial charge in [-0.1, -0.05) is 12.8 Å². The second-order valence-electron chi connectivity index (χ2n) is 4.87. The van der Waals surface area contributed by atoms with Crippen LogP contribution in [0.1, 0.15) is 25.7 Å². The molecule has 5 heteroatoms. The molecule has 2 N–H and O–H groups in total. The zero-order valence-electron chi connectivity index (χ0n) is 10.1. The maximum Gasteiger partial charge on any atom is 0.104 e. The first-order valence-electron chi connectivity index (χ1n) is 6.43. The van der Waals surface area contributed by atoms with Crippen molar-refractivity contribution in [3.63, 3.8) is 0 Å². The van der Waals surface area contributed by atoms with Crippen LogP contribution in [0.25, 0.3) is 0 Å². The van der Waals surface area contributed by atoms with Gasteiger partial charge in [0, 0.05) is 0 Å². The molecule has 4 atom stereocenters. The summed E-state index contributed by atoms with van der Waals surface area (Å²) in [6.07, 6.45) is 3.60. The van der Waals surface area contributed by atoms with Gasteiger partial charge in [-0.3, -0.25) is 0 Å². The summed E-state index contributed by atoms with van der Waals surface area (Å²) in [4.78, 5) is 0. The molecule has 3 aliphatic rings. The highest BCUT2D eigenvalue weighted by molar-refractivity contribution is 4.72. The minimum atomic E-state index is -0.441. The van der Waals surface area contributed by atoms with Crippen molar-refractivity contribution in [3.8, 4) is 0 Å². The summed E-state index contributed by atoms with van der Waals surface area (Å²) in [7, 11) is 0. The number of aliphatic hydroxyl groups is 2. The van der Waals surface area contributed by atoms with Crippen molar-refractivity contribution < 1.29 is 24.4 Å². The fraction of sp³-hybridized carbons (Fsp3) is 1.00. The summed E-state index contributed by atoms with van der Waals surface area (Å²) in [6.45, 7) is 3.26. The van der Waals surface area contributed by atoms with Crippen molar-refractivity contribution in [3.05, 3.63) is 0 Å². The summed E-state index contributed by atoms with van der Waals surface area (Å²) >= 11 is 0. The van der Waals surface area contributed by atoms with E-state index in [9.17, 15) is 0 Å². The van der Waals surface area contributed by atoms with Gasteiger partial charge in [0.15, 0.2) is 0 Å². The molecule has 0 bridgehead atoms. The van der Waals surface area contributed by atoms with Crippen LogP contribution in [-0.2, 0) is 14.2 Å². The minimum absolute atomic E-state index is 0.392. The van der Waals surface area contributed by atoms with Crippen LogP contribution in [-0.4, -0.2) is 61.1 Å². The first-order valence-corrected chi connectivity index (χ1v) is 6.43. The molecule has 2 heterocycles. The Hall–Kier alpha value is -0.200. The van der Waals surface area contributed by atoms with E-state index >= 15 is 0 Å². The Morgan fingerprint density at radius 3 is 1.59 bits per heavy atom. The highest BCUT2D eigenvalue weighted by Gasteiger charge is 2.26. The van der Waals surface area contributed by atoms with Crippen LogP contribution in [0.4, 0.5) is 0 Å². The van der Waals surface area contributed by atoms with Crippen LogP contribution >= 0.6 is 0 Å². The second kappa shape index (κ2) is 6.66. The van der Waals surface area contributed by atoms with E-state index < -0.39 is 12.2 Å². The van der Waals surface area contributed by atoms with Crippen LogP contribution in [0.5, 0.6) is 0 Å². The second-order valence-corrected chi connectivity index (χ2v) is 4.87. The van der Waals surface area contributed by atoms with Crippen LogP contribution in [0, 0.1) is 0 Å². The van der Waals surface area contributed by atoms with E-state index in [1.54, 1.807) is 0 Å². The van der Waals surface area contributed by atoms with Gasteiger partial charge in [0.25, 0.3) is 0 Å². The topological polar surface area (TPSA) is 74.8 Å². The molecule has 100 valence electrons. The van der Waals surface area contributed by atoms with Gasteiger partial charge >= 0.3 is 0 Å². The molecule has 3 rings (SSSR count). The van der Waals surface area contributed by atoms with Gasteiger partial charge in [-0.05, 0) is 12.8 Å². The average Bonchev–Trinajstić information content (AvgIpc) is 3.16. The van der Waals surface area contributed by atoms with E-state index in [0.717, 1.165) is 52.1 Å². The Balaban J connectivity index is 0.000000128. The molecule has 17 heavy (non-hydrogen) atoms. The monoisotopic (exact) mass is 246 g/mol. The molecule has 5 nitrogen and oxygen atoms in total. The van der Waals surface area contributed by atoms with Gasteiger partial charge in [0.1, 0.15) is 12.2 Å². The molecule has 0 radical (unpaired) electrons. The summed E-state index contributed by atoms with van der Waals surface area (Å²) in [5.41, 5.74) is 0. The molecule has 1 aliphatic carbocycles. The largest absolute Gasteiger partial charge is 0.390 e. The number of hydrogen-bond acceptors (Lipinski definition) is 5. The minimum Gasteiger partial charge on any atom is -0.390 e. The van der Waals surface area contributed by atoms with E-state index in [1.165, 1.54) is 0 Å². The Morgan fingerprint density at radius 1 is 0.882 bits per heavy atom. The maximum atomic E-state index is 8.93. The van der Waals surface area contributed by atoms with Crippen molar-refractivity contribution in [1.82, 2.24) is 0 Å². The van der Waals surface area contributed by atoms with Gasteiger partial charge in [0.05, 0.1) is 38.6 Å². The fourth-order valence-electron chi connectivity index (χ4n) is 1.75. The molecule has 2 aliphatic heterocycles. The predicted octanol–water partition coefficient (Wildman–Crippen LogP) is 0.0828. The number of aliphatic hydroxyl groups excluding tert-OH is 2.